The molecule has 0 heterocycles. The first-order chi connectivity index (χ1) is 12.4. The number of rotatable bonds is 19. The van der Waals surface area contributed by atoms with E-state index in [1.54, 1.807) is 0 Å². The summed E-state index contributed by atoms with van der Waals surface area (Å²) < 4.78 is 15.3. The molecule has 0 aliphatic rings. The molecule has 0 aliphatic heterocycles. The summed E-state index contributed by atoms with van der Waals surface area (Å²) in [5, 5.41) is -1.54. The van der Waals surface area contributed by atoms with Gasteiger partial charge in [-0.3, -0.25) is 0 Å². The minimum atomic E-state index is -3.33. The van der Waals surface area contributed by atoms with Crippen LogP contribution < -0.4 is 0 Å². The Balaban J connectivity index is 3.80. The van der Waals surface area contributed by atoms with Crippen LogP contribution in [0.2, 0.25) is 0 Å². The smallest absolute Gasteiger partial charge is 0.243 e. The lowest BCUT2D eigenvalue weighted by Crippen LogP contribution is -2.43. The molecule has 0 aliphatic carbocycles. The molecule has 0 aromatic heterocycles. The first-order valence-corrected chi connectivity index (χ1v) is 16.2. The van der Waals surface area contributed by atoms with Gasteiger partial charge < -0.3 is 0 Å². The molecule has 0 aromatic rings. The Morgan fingerprint density at radius 1 is 0.538 bits per heavy atom. The van der Waals surface area contributed by atoms with Crippen molar-refractivity contribution in [1.29, 1.82) is 0 Å². The fraction of sp³-hybridized carbons (Fsp3) is 1.00. The fourth-order valence-corrected chi connectivity index (χ4v) is 6.11. The highest BCUT2D eigenvalue weighted by atomic mass is 35.8. The summed E-state index contributed by atoms with van der Waals surface area (Å²) in [7, 11) is 0. The highest BCUT2D eigenvalue weighted by Gasteiger charge is 2.51. The molecule has 5 heteroatoms. The van der Waals surface area contributed by atoms with Crippen LogP contribution in [0.1, 0.15) is 129 Å². The molecule has 0 spiro atoms. The summed E-state index contributed by atoms with van der Waals surface area (Å²) in [4.78, 5) is 0. The second-order valence-corrected chi connectivity index (χ2v) is 16.6. The van der Waals surface area contributed by atoms with Gasteiger partial charge in [0.25, 0.3) is 0 Å². The molecular formula is C21H42Cl3FSi. The molecule has 0 nitrogen and oxygen atoms in total. The molecule has 0 saturated carbocycles. The van der Waals surface area contributed by atoms with Crippen LogP contribution in [-0.4, -0.2) is 11.3 Å². The van der Waals surface area contributed by atoms with Gasteiger partial charge in [0.05, 0.1) is 0 Å². The Morgan fingerprint density at radius 2 is 0.808 bits per heavy atom. The molecule has 0 saturated heterocycles. The van der Waals surface area contributed by atoms with Gasteiger partial charge in [-0.1, -0.05) is 117 Å². The predicted molar refractivity (Wildman–Crippen MR) is 122 cm³/mol. The lowest BCUT2D eigenvalue weighted by Gasteiger charge is -2.30. The van der Waals surface area contributed by atoms with Gasteiger partial charge in [0.1, 0.15) is 5.29 Å². The standard InChI is InChI=1S/C21H42Cl3FSi/c1-3-5-7-9-10-11-12-13-14-16-18-20-21(25,26(22,23)24)19-17-15-8-6-4-2/h3-20H2,1-2H3. The van der Waals surface area contributed by atoms with Gasteiger partial charge in [0.15, 0.2) is 0 Å². The minimum Gasteiger partial charge on any atom is -0.243 e. The molecule has 0 amide bonds. The van der Waals surface area contributed by atoms with E-state index in [2.05, 4.69) is 13.8 Å². The van der Waals surface area contributed by atoms with Gasteiger partial charge in [-0.05, 0) is 12.8 Å². The SMILES string of the molecule is CCCCCCCCCCCCCC(F)(CCCCCCC)[Si](Cl)(Cl)Cl. The third kappa shape index (κ3) is 14.1. The largest absolute Gasteiger partial charge is 0.377 e. The topological polar surface area (TPSA) is 0 Å². The zero-order valence-corrected chi connectivity index (χ0v) is 20.5. The summed E-state index contributed by atoms with van der Waals surface area (Å²) in [5.41, 5.74) is 0. The number of halogens is 4. The van der Waals surface area contributed by atoms with Crippen molar-refractivity contribution in [2.24, 2.45) is 0 Å². The van der Waals surface area contributed by atoms with Gasteiger partial charge in [0.2, 0.25) is 0 Å². The van der Waals surface area contributed by atoms with Crippen molar-refractivity contribution < 1.29 is 4.39 Å². The Hall–Kier alpha value is 1.02. The number of alkyl halides is 1. The van der Waals surface area contributed by atoms with Crippen LogP contribution >= 0.6 is 33.2 Å². The third-order valence-electron chi connectivity index (χ3n) is 5.36. The first-order valence-electron chi connectivity index (χ1n) is 11.1. The lowest BCUT2D eigenvalue weighted by molar-refractivity contribution is 0.222. The van der Waals surface area contributed by atoms with Crippen LogP contribution in [0.15, 0.2) is 0 Å². The molecule has 0 N–H and O–H groups in total. The summed E-state index contributed by atoms with van der Waals surface area (Å²) in [6.07, 6.45) is 20.1. The summed E-state index contributed by atoms with van der Waals surface area (Å²) in [5.74, 6) is 0. The molecule has 26 heavy (non-hydrogen) atoms. The average molecular weight is 448 g/mol. The van der Waals surface area contributed by atoms with E-state index < -0.39 is 11.3 Å². The van der Waals surface area contributed by atoms with Crippen molar-refractivity contribution in [3.8, 4) is 0 Å². The van der Waals surface area contributed by atoms with Crippen LogP contribution in [0.3, 0.4) is 0 Å². The van der Waals surface area contributed by atoms with E-state index in [1.165, 1.54) is 70.6 Å². The molecule has 1 atom stereocenters. The maximum atomic E-state index is 15.3. The third-order valence-corrected chi connectivity index (χ3v) is 9.93. The van der Waals surface area contributed by atoms with E-state index in [-0.39, 0.29) is 0 Å². The van der Waals surface area contributed by atoms with Crippen molar-refractivity contribution in [3.63, 3.8) is 0 Å². The van der Waals surface area contributed by atoms with Crippen LogP contribution in [0.25, 0.3) is 0 Å². The van der Waals surface area contributed by atoms with Crippen LogP contribution in [0, 0.1) is 0 Å². The maximum Gasteiger partial charge on any atom is 0.377 e. The van der Waals surface area contributed by atoms with Gasteiger partial charge in [-0.2, -0.15) is 0 Å². The van der Waals surface area contributed by atoms with Crippen molar-refractivity contribution in [1.82, 2.24) is 0 Å². The van der Waals surface area contributed by atoms with Crippen molar-refractivity contribution >= 4 is 39.2 Å². The van der Waals surface area contributed by atoms with E-state index in [1.807, 2.05) is 0 Å². The Morgan fingerprint density at radius 3 is 1.08 bits per heavy atom. The molecule has 0 bridgehead atoms. The van der Waals surface area contributed by atoms with E-state index in [0.717, 1.165) is 32.1 Å². The van der Waals surface area contributed by atoms with Gasteiger partial charge in [-0.15, -0.1) is 33.2 Å². The Labute approximate surface area is 178 Å². The second kappa shape index (κ2) is 16.9. The van der Waals surface area contributed by atoms with E-state index in [9.17, 15) is 0 Å². The van der Waals surface area contributed by atoms with E-state index in [0.29, 0.717) is 12.8 Å². The van der Waals surface area contributed by atoms with Gasteiger partial charge >= 0.3 is 6.00 Å². The summed E-state index contributed by atoms with van der Waals surface area (Å²) >= 11 is 18.3. The second-order valence-electron chi connectivity index (χ2n) is 7.91. The van der Waals surface area contributed by atoms with Gasteiger partial charge in [0, 0.05) is 0 Å². The van der Waals surface area contributed by atoms with Gasteiger partial charge in [-0.25, -0.2) is 4.39 Å². The molecule has 1 unspecified atom stereocenters. The molecule has 0 aromatic carbocycles. The quantitative estimate of drug-likeness (QED) is 0.105. The van der Waals surface area contributed by atoms with Crippen LogP contribution in [0.4, 0.5) is 4.39 Å². The summed E-state index contributed by atoms with van der Waals surface area (Å²) in [6, 6.07) is -3.33. The maximum absolute atomic E-state index is 15.3. The minimum absolute atomic E-state index is 0.428. The first kappa shape index (κ1) is 27.0. The van der Waals surface area contributed by atoms with Crippen LogP contribution in [0.5, 0.6) is 0 Å². The molecule has 0 fully saturated rings. The normalized spacial score (nSPS) is 14.5. The molecule has 158 valence electrons. The molecule has 0 rings (SSSR count). The highest BCUT2D eigenvalue weighted by Crippen LogP contribution is 2.43. The van der Waals surface area contributed by atoms with E-state index in [4.69, 9.17) is 33.2 Å². The lowest BCUT2D eigenvalue weighted by atomic mass is 10.0. The summed E-state index contributed by atoms with van der Waals surface area (Å²) in [6.45, 7) is 4.43. The zero-order valence-electron chi connectivity index (χ0n) is 17.2. The zero-order chi connectivity index (χ0) is 19.7. The monoisotopic (exact) mass is 446 g/mol. The average Bonchev–Trinajstić information content (AvgIpc) is 2.58. The Kier molecular flexibility index (Phi) is 17.6. The Bertz CT molecular complexity index is 310. The van der Waals surface area contributed by atoms with Crippen molar-refractivity contribution in [2.45, 2.75) is 135 Å². The molecule has 0 radical (unpaired) electrons. The van der Waals surface area contributed by atoms with Crippen molar-refractivity contribution in [3.05, 3.63) is 0 Å². The van der Waals surface area contributed by atoms with E-state index >= 15 is 4.39 Å². The fourth-order valence-electron chi connectivity index (χ4n) is 3.49. The van der Waals surface area contributed by atoms with Crippen LogP contribution in [-0.2, 0) is 0 Å². The highest BCUT2D eigenvalue weighted by molar-refractivity contribution is 7.65. The number of hydrogen-bond acceptors (Lipinski definition) is 0. The van der Waals surface area contributed by atoms with Crippen molar-refractivity contribution in [2.75, 3.05) is 0 Å². The number of unbranched alkanes of at least 4 members (excludes halogenated alkanes) is 14. The molecular weight excluding hydrogens is 406 g/mol. The predicted octanol–water partition coefficient (Wildman–Crippen LogP) is 9.95. The number of hydrogen-bond donors (Lipinski definition) is 0.